The van der Waals surface area contributed by atoms with Crippen LogP contribution >= 0.6 is 11.8 Å². The van der Waals surface area contributed by atoms with Crippen molar-refractivity contribution in [1.29, 1.82) is 0 Å². The Morgan fingerprint density at radius 1 is 1.16 bits per heavy atom. The number of carbonyl (C=O) groups excluding carboxylic acids is 1. The fourth-order valence-corrected chi connectivity index (χ4v) is 2.39. The summed E-state index contributed by atoms with van der Waals surface area (Å²) in [5, 5.41) is 8.31. The number of ether oxygens (including phenoxy) is 1. The highest BCUT2D eigenvalue weighted by Crippen LogP contribution is 2.17. The molecule has 0 aliphatic heterocycles. The molecule has 0 bridgehead atoms. The summed E-state index contributed by atoms with van der Waals surface area (Å²) in [5.41, 5.74) is 7.65. The van der Waals surface area contributed by atoms with E-state index in [4.69, 9.17) is 10.5 Å². The van der Waals surface area contributed by atoms with Crippen molar-refractivity contribution in [1.82, 2.24) is 4.90 Å². The zero-order valence-electron chi connectivity index (χ0n) is 14.1. The molecular formula is C18H20N4O2S. The summed E-state index contributed by atoms with van der Waals surface area (Å²) in [7, 11) is 3.24. The summed E-state index contributed by atoms with van der Waals surface area (Å²) >= 11 is 1.41. The minimum atomic E-state index is -0.456. The normalized spacial score (nSPS) is 11.5. The van der Waals surface area contributed by atoms with Crippen molar-refractivity contribution in [2.24, 2.45) is 15.9 Å². The SMILES string of the molecule is CN(C)C(=O)Oc1ccccc1C=NN=C(N)SCc1ccccc1. The van der Waals surface area contributed by atoms with Gasteiger partial charge >= 0.3 is 6.09 Å². The van der Waals surface area contributed by atoms with E-state index in [1.807, 2.05) is 36.4 Å². The van der Waals surface area contributed by atoms with E-state index < -0.39 is 6.09 Å². The Labute approximate surface area is 151 Å². The maximum absolute atomic E-state index is 11.7. The number of benzene rings is 2. The number of nitrogens with zero attached hydrogens (tertiary/aromatic N) is 3. The second kappa shape index (κ2) is 9.48. The van der Waals surface area contributed by atoms with Crippen LogP contribution in [0.1, 0.15) is 11.1 Å². The Kier molecular flexibility index (Phi) is 7.03. The van der Waals surface area contributed by atoms with Crippen LogP contribution in [0.2, 0.25) is 0 Å². The number of hydrogen-bond acceptors (Lipinski definition) is 5. The number of amidine groups is 1. The molecule has 0 heterocycles. The van der Waals surface area contributed by atoms with Crippen LogP contribution in [0.3, 0.4) is 0 Å². The second-order valence-corrected chi connectivity index (χ2v) is 6.25. The molecule has 0 radical (unpaired) electrons. The van der Waals surface area contributed by atoms with Crippen molar-refractivity contribution in [3.63, 3.8) is 0 Å². The molecular weight excluding hydrogens is 336 g/mol. The van der Waals surface area contributed by atoms with E-state index in [1.165, 1.54) is 22.9 Å². The van der Waals surface area contributed by atoms with Gasteiger partial charge in [-0.1, -0.05) is 54.2 Å². The van der Waals surface area contributed by atoms with Gasteiger partial charge in [-0.05, 0) is 17.7 Å². The molecule has 2 rings (SSSR count). The molecule has 2 aromatic carbocycles. The standard InChI is InChI=1S/C18H20N4O2S/c1-22(2)18(23)24-16-11-7-6-10-15(16)12-20-21-17(19)25-13-14-8-4-3-5-9-14/h3-12H,13H2,1-2H3,(H2,19,21). The third-order valence-electron chi connectivity index (χ3n) is 3.06. The Balaban J connectivity index is 1.97. The molecule has 0 aromatic heterocycles. The lowest BCUT2D eigenvalue weighted by Crippen LogP contribution is -2.25. The average Bonchev–Trinajstić information content (AvgIpc) is 2.62. The molecule has 0 aliphatic carbocycles. The van der Waals surface area contributed by atoms with Gasteiger partial charge in [0, 0.05) is 25.4 Å². The number of nitrogens with two attached hydrogens (primary N) is 1. The lowest BCUT2D eigenvalue weighted by Gasteiger charge is -2.11. The number of amides is 1. The van der Waals surface area contributed by atoms with Gasteiger partial charge in [0.05, 0.1) is 6.21 Å². The van der Waals surface area contributed by atoms with Gasteiger partial charge in [-0.15, -0.1) is 5.10 Å². The highest BCUT2D eigenvalue weighted by Gasteiger charge is 2.09. The van der Waals surface area contributed by atoms with Gasteiger partial charge in [-0.3, -0.25) is 0 Å². The molecule has 2 aromatic rings. The van der Waals surface area contributed by atoms with Crippen molar-refractivity contribution in [2.45, 2.75) is 5.75 Å². The van der Waals surface area contributed by atoms with Crippen molar-refractivity contribution in [2.75, 3.05) is 14.1 Å². The van der Waals surface area contributed by atoms with Crippen molar-refractivity contribution in [3.05, 3.63) is 65.7 Å². The number of rotatable bonds is 5. The zero-order valence-corrected chi connectivity index (χ0v) is 14.9. The van der Waals surface area contributed by atoms with Crippen LogP contribution in [0.5, 0.6) is 5.75 Å². The summed E-state index contributed by atoms with van der Waals surface area (Å²) in [4.78, 5) is 13.0. The molecule has 0 saturated carbocycles. The molecule has 6 nitrogen and oxygen atoms in total. The van der Waals surface area contributed by atoms with Crippen molar-refractivity contribution >= 4 is 29.2 Å². The molecule has 1 amide bonds. The largest absolute Gasteiger partial charge is 0.414 e. The summed E-state index contributed by atoms with van der Waals surface area (Å²) in [6, 6.07) is 17.1. The molecule has 0 atom stereocenters. The monoisotopic (exact) mass is 356 g/mol. The topological polar surface area (TPSA) is 80.3 Å². The highest BCUT2D eigenvalue weighted by molar-refractivity contribution is 8.13. The Morgan fingerprint density at radius 3 is 2.56 bits per heavy atom. The van der Waals surface area contributed by atoms with Gasteiger partial charge in [0.25, 0.3) is 0 Å². The van der Waals surface area contributed by atoms with Crippen LogP contribution in [0.25, 0.3) is 0 Å². The Hall–Kier alpha value is -2.80. The van der Waals surface area contributed by atoms with Crippen LogP contribution < -0.4 is 10.5 Å². The fraction of sp³-hybridized carbons (Fsp3) is 0.167. The third-order valence-corrected chi connectivity index (χ3v) is 3.92. The summed E-state index contributed by atoms with van der Waals surface area (Å²) in [6.45, 7) is 0. The predicted molar refractivity (Wildman–Crippen MR) is 103 cm³/mol. The summed E-state index contributed by atoms with van der Waals surface area (Å²) < 4.78 is 5.28. The first-order chi connectivity index (χ1) is 12.1. The number of hydrogen-bond donors (Lipinski definition) is 1. The Morgan fingerprint density at radius 2 is 1.84 bits per heavy atom. The molecule has 0 fully saturated rings. The van der Waals surface area contributed by atoms with Gasteiger partial charge in [0.2, 0.25) is 0 Å². The molecule has 25 heavy (non-hydrogen) atoms. The van der Waals surface area contributed by atoms with E-state index in [0.29, 0.717) is 16.5 Å². The number of carbonyl (C=O) groups is 1. The molecule has 7 heteroatoms. The molecule has 130 valence electrons. The summed E-state index contributed by atoms with van der Waals surface area (Å²) in [6.07, 6.45) is 1.05. The molecule has 2 N–H and O–H groups in total. The maximum Gasteiger partial charge on any atom is 0.414 e. The van der Waals surface area contributed by atoms with E-state index in [9.17, 15) is 4.79 Å². The zero-order chi connectivity index (χ0) is 18.1. The van der Waals surface area contributed by atoms with E-state index in [1.54, 1.807) is 32.3 Å². The van der Waals surface area contributed by atoms with Gasteiger partial charge in [-0.25, -0.2) is 4.79 Å². The smallest absolute Gasteiger partial charge is 0.410 e. The first kappa shape index (κ1) is 18.5. The van der Waals surface area contributed by atoms with E-state index >= 15 is 0 Å². The quantitative estimate of drug-likeness (QED) is 0.506. The summed E-state index contributed by atoms with van der Waals surface area (Å²) in [5.74, 6) is 1.14. The van der Waals surface area contributed by atoms with Crippen molar-refractivity contribution in [3.8, 4) is 5.75 Å². The third kappa shape index (κ3) is 6.31. The lowest BCUT2D eigenvalue weighted by molar-refractivity contribution is 0.172. The average molecular weight is 356 g/mol. The second-order valence-electron chi connectivity index (χ2n) is 5.26. The van der Waals surface area contributed by atoms with E-state index in [2.05, 4.69) is 10.2 Å². The number of para-hydroxylation sites is 1. The Bertz CT molecular complexity index is 761. The first-order valence-corrected chi connectivity index (χ1v) is 8.56. The van der Waals surface area contributed by atoms with E-state index in [-0.39, 0.29) is 0 Å². The molecule has 0 saturated heterocycles. The predicted octanol–water partition coefficient (Wildman–Crippen LogP) is 3.33. The highest BCUT2D eigenvalue weighted by atomic mass is 32.2. The van der Waals surface area contributed by atoms with Crippen LogP contribution in [-0.2, 0) is 5.75 Å². The van der Waals surface area contributed by atoms with Crippen LogP contribution in [0.15, 0.2) is 64.8 Å². The van der Waals surface area contributed by atoms with Crippen LogP contribution in [-0.4, -0.2) is 36.5 Å². The van der Waals surface area contributed by atoms with Crippen LogP contribution in [0, 0.1) is 0 Å². The van der Waals surface area contributed by atoms with Crippen LogP contribution in [0.4, 0.5) is 4.79 Å². The fourth-order valence-electron chi connectivity index (χ4n) is 1.77. The van der Waals surface area contributed by atoms with Gasteiger partial charge in [0.1, 0.15) is 5.75 Å². The molecule has 0 spiro atoms. The van der Waals surface area contributed by atoms with Gasteiger partial charge in [-0.2, -0.15) is 5.10 Å². The van der Waals surface area contributed by atoms with E-state index in [0.717, 1.165) is 11.3 Å². The van der Waals surface area contributed by atoms with Gasteiger partial charge in [0.15, 0.2) is 5.17 Å². The minimum absolute atomic E-state index is 0.364. The minimum Gasteiger partial charge on any atom is -0.410 e. The lowest BCUT2D eigenvalue weighted by atomic mass is 10.2. The van der Waals surface area contributed by atoms with Crippen molar-refractivity contribution < 1.29 is 9.53 Å². The first-order valence-electron chi connectivity index (χ1n) is 7.57. The molecule has 0 aliphatic rings. The number of thioether (sulfide) groups is 1. The molecule has 0 unspecified atom stereocenters. The maximum atomic E-state index is 11.7. The van der Waals surface area contributed by atoms with Gasteiger partial charge < -0.3 is 15.4 Å².